The van der Waals surface area contributed by atoms with Crippen molar-refractivity contribution < 1.29 is 5.11 Å². The van der Waals surface area contributed by atoms with Gasteiger partial charge in [0.05, 0.1) is 6.10 Å². The lowest BCUT2D eigenvalue weighted by Gasteiger charge is -2.24. The molecule has 1 saturated carbocycles. The Kier molecular flexibility index (Phi) is 3.80. The van der Waals surface area contributed by atoms with Crippen LogP contribution < -0.4 is 0 Å². The molecule has 1 N–H and O–H groups in total. The van der Waals surface area contributed by atoms with Gasteiger partial charge in [-0.05, 0) is 45.4 Å². The molecule has 0 amide bonds. The van der Waals surface area contributed by atoms with Crippen LogP contribution in [0.15, 0.2) is 11.6 Å². The van der Waals surface area contributed by atoms with Crippen molar-refractivity contribution in [2.45, 2.75) is 52.1 Å². The van der Waals surface area contributed by atoms with E-state index >= 15 is 0 Å². The molecule has 1 heteroatoms. The zero-order chi connectivity index (χ0) is 8.97. The average molecular weight is 168 g/mol. The van der Waals surface area contributed by atoms with Crippen LogP contribution in [-0.4, -0.2) is 11.2 Å². The van der Waals surface area contributed by atoms with Crippen LogP contribution >= 0.6 is 0 Å². The molecule has 0 bridgehead atoms. The third kappa shape index (κ3) is 3.40. The van der Waals surface area contributed by atoms with Crippen molar-refractivity contribution in [1.29, 1.82) is 0 Å². The molecule has 0 heterocycles. The third-order valence-corrected chi connectivity index (χ3v) is 2.61. The summed E-state index contributed by atoms with van der Waals surface area (Å²) < 4.78 is 0. The molecule has 1 aliphatic carbocycles. The van der Waals surface area contributed by atoms with E-state index in [-0.39, 0.29) is 6.10 Å². The average Bonchev–Trinajstić information content (AvgIpc) is 2.01. The van der Waals surface area contributed by atoms with E-state index in [9.17, 15) is 5.11 Å². The van der Waals surface area contributed by atoms with E-state index in [2.05, 4.69) is 19.9 Å². The molecule has 0 aromatic heterocycles. The van der Waals surface area contributed by atoms with Crippen molar-refractivity contribution in [1.82, 2.24) is 0 Å². The second-order valence-electron chi connectivity index (χ2n) is 4.20. The first-order chi connectivity index (χ1) is 5.68. The van der Waals surface area contributed by atoms with Crippen molar-refractivity contribution in [3.05, 3.63) is 11.6 Å². The molecule has 12 heavy (non-hydrogen) atoms. The Morgan fingerprint density at radius 1 is 1.42 bits per heavy atom. The van der Waals surface area contributed by atoms with Crippen LogP contribution in [-0.2, 0) is 0 Å². The number of allylic oxidation sites excluding steroid dienone is 2. The number of aliphatic hydroxyl groups is 1. The van der Waals surface area contributed by atoms with Gasteiger partial charge in [0.1, 0.15) is 0 Å². The number of hydrogen-bond acceptors (Lipinski definition) is 1. The normalized spacial score (nSPS) is 29.9. The summed E-state index contributed by atoms with van der Waals surface area (Å²) in [4.78, 5) is 0. The highest BCUT2D eigenvalue weighted by atomic mass is 16.3. The highest BCUT2D eigenvalue weighted by molar-refractivity contribution is 4.94. The Hall–Kier alpha value is -0.300. The molecule has 70 valence electrons. The summed E-state index contributed by atoms with van der Waals surface area (Å²) in [6.45, 7) is 4.28. The van der Waals surface area contributed by atoms with E-state index in [0.717, 1.165) is 18.8 Å². The van der Waals surface area contributed by atoms with Crippen molar-refractivity contribution in [3.63, 3.8) is 0 Å². The van der Waals surface area contributed by atoms with Crippen LogP contribution in [0.2, 0.25) is 0 Å². The number of aliphatic hydroxyl groups excluding tert-OH is 1. The van der Waals surface area contributed by atoms with Gasteiger partial charge in [-0.15, -0.1) is 0 Å². The minimum Gasteiger partial charge on any atom is -0.393 e. The van der Waals surface area contributed by atoms with Gasteiger partial charge in [0.2, 0.25) is 0 Å². The standard InChI is InChI=1S/C11H20O/c1-9(2)6-7-10-4-3-5-11(12)8-10/h6,10-12H,3-5,7-8H2,1-2H3. The van der Waals surface area contributed by atoms with Gasteiger partial charge >= 0.3 is 0 Å². The minimum atomic E-state index is -0.0192. The highest BCUT2D eigenvalue weighted by Crippen LogP contribution is 2.27. The van der Waals surface area contributed by atoms with E-state index in [4.69, 9.17) is 0 Å². The molecule has 2 atom stereocenters. The van der Waals surface area contributed by atoms with Gasteiger partial charge < -0.3 is 5.11 Å². The van der Waals surface area contributed by atoms with Crippen LogP contribution in [0.3, 0.4) is 0 Å². The molecule has 0 aliphatic heterocycles. The maximum absolute atomic E-state index is 9.42. The fourth-order valence-electron chi connectivity index (χ4n) is 1.88. The second kappa shape index (κ2) is 4.66. The van der Waals surface area contributed by atoms with E-state index < -0.39 is 0 Å². The summed E-state index contributed by atoms with van der Waals surface area (Å²) in [6.07, 6.45) is 8.00. The fourth-order valence-corrected chi connectivity index (χ4v) is 1.88. The van der Waals surface area contributed by atoms with E-state index in [1.54, 1.807) is 0 Å². The van der Waals surface area contributed by atoms with Gasteiger partial charge in [-0.3, -0.25) is 0 Å². The summed E-state index contributed by atoms with van der Waals surface area (Å²) in [6, 6.07) is 0. The lowest BCUT2D eigenvalue weighted by Crippen LogP contribution is -2.18. The molecule has 1 fully saturated rings. The quantitative estimate of drug-likeness (QED) is 0.629. The molecule has 0 radical (unpaired) electrons. The molecule has 0 aromatic carbocycles. The Labute approximate surface area is 75.5 Å². The topological polar surface area (TPSA) is 20.2 Å². The maximum Gasteiger partial charge on any atom is 0.0543 e. The third-order valence-electron chi connectivity index (χ3n) is 2.61. The first-order valence-corrected chi connectivity index (χ1v) is 5.00. The Morgan fingerprint density at radius 2 is 2.17 bits per heavy atom. The van der Waals surface area contributed by atoms with Gasteiger partial charge in [0.25, 0.3) is 0 Å². The van der Waals surface area contributed by atoms with Crippen LogP contribution in [0.5, 0.6) is 0 Å². The summed E-state index contributed by atoms with van der Waals surface area (Å²) in [5, 5.41) is 9.42. The monoisotopic (exact) mass is 168 g/mol. The molecule has 1 aliphatic rings. The van der Waals surface area contributed by atoms with Crippen LogP contribution in [0, 0.1) is 5.92 Å². The van der Waals surface area contributed by atoms with Gasteiger partial charge in [-0.1, -0.05) is 18.1 Å². The minimum absolute atomic E-state index is 0.0192. The van der Waals surface area contributed by atoms with E-state index in [1.165, 1.54) is 24.8 Å². The maximum atomic E-state index is 9.42. The Bertz CT molecular complexity index is 156. The van der Waals surface area contributed by atoms with E-state index in [1.807, 2.05) is 0 Å². The SMILES string of the molecule is CC(C)=CCC1CCCC(O)C1. The van der Waals surface area contributed by atoms with Crippen LogP contribution in [0.4, 0.5) is 0 Å². The molecule has 1 nitrogen and oxygen atoms in total. The molecular weight excluding hydrogens is 148 g/mol. The van der Waals surface area contributed by atoms with Crippen molar-refractivity contribution in [2.24, 2.45) is 5.92 Å². The lowest BCUT2D eigenvalue weighted by atomic mass is 9.85. The molecular formula is C11H20O. The van der Waals surface area contributed by atoms with Gasteiger partial charge in [0, 0.05) is 0 Å². The molecule has 0 aromatic rings. The van der Waals surface area contributed by atoms with Gasteiger partial charge in [0.15, 0.2) is 0 Å². The summed E-state index contributed by atoms with van der Waals surface area (Å²) in [5.41, 5.74) is 1.40. The lowest BCUT2D eigenvalue weighted by molar-refractivity contribution is 0.102. The summed E-state index contributed by atoms with van der Waals surface area (Å²) in [5.74, 6) is 0.739. The first-order valence-electron chi connectivity index (χ1n) is 5.00. The summed E-state index contributed by atoms with van der Waals surface area (Å²) >= 11 is 0. The van der Waals surface area contributed by atoms with Crippen LogP contribution in [0.25, 0.3) is 0 Å². The zero-order valence-electron chi connectivity index (χ0n) is 8.21. The smallest absolute Gasteiger partial charge is 0.0543 e. The number of rotatable bonds is 2. The van der Waals surface area contributed by atoms with Gasteiger partial charge in [-0.25, -0.2) is 0 Å². The number of hydrogen-bond donors (Lipinski definition) is 1. The van der Waals surface area contributed by atoms with Crippen molar-refractivity contribution in [2.75, 3.05) is 0 Å². The Balaban J connectivity index is 2.27. The molecule has 2 unspecified atom stereocenters. The van der Waals surface area contributed by atoms with Gasteiger partial charge in [-0.2, -0.15) is 0 Å². The van der Waals surface area contributed by atoms with Crippen LogP contribution in [0.1, 0.15) is 46.0 Å². The molecule has 0 spiro atoms. The predicted molar refractivity (Wildman–Crippen MR) is 52.0 cm³/mol. The Morgan fingerprint density at radius 3 is 2.75 bits per heavy atom. The fraction of sp³-hybridized carbons (Fsp3) is 0.818. The van der Waals surface area contributed by atoms with Crippen molar-refractivity contribution in [3.8, 4) is 0 Å². The van der Waals surface area contributed by atoms with Crippen molar-refractivity contribution >= 4 is 0 Å². The first kappa shape index (κ1) is 9.79. The summed E-state index contributed by atoms with van der Waals surface area (Å²) in [7, 11) is 0. The van der Waals surface area contributed by atoms with E-state index in [0.29, 0.717) is 0 Å². The molecule has 1 rings (SSSR count). The largest absolute Gasteiger partial charge is 0.393 e. The zero-order valence-corrected chi connectivity index (χ0v) is 8.21. The predicted octanol–water partition coefficient (Wildman–Crippen LogP) is 2.89. The highest BCUT2D eigenvalue weighted by Gasteiger charge is 2.18. The molecule has 0 saturated heterocycles. The second-order valence-corrected chi connectivity index (χ2v) is 4.20.